The van der Waals surface area contributed by atoms with Gasteiger partial charge < -0.3 is 14.8 Å². The second-order valence-electron chi connectivity index (χ2n) is 7.43. The first-order valence-corrected chi connectivity index (χ1v) is 11.3. The summed E-state index contributed by atoms with van der Waals surface area (Å²) in [5.74, 6) is 0.358. The van der Waals surface area contributed by atoms with Crippen LogP contribution in [-0.4, -0.2) is 25.1 Å². The van der Waals surface area contributed by atoms with Crippen LogP contribution < -0.4 is 10.1 Å². The summed E-state index contributed by atoms with van der Waals surface area (Å²) in [5.41, 5.74) is 2.82. The standard InChI is InChI=1S/C25H25NO4S/c1-2-29-25(28)23-20-14-13-18(17-9-5-3-6-10-17)15-21(20)31-24(23)26-22(27)16-30-19-11-7-4-8-12-19/h3-12,18H,2,13-16H2,1H3,(H,26,27)/t18-/m0/s1. The zero-order chi connectivity index (χ0) is 21.6. The van der Waals surface area contributed by atoms with Crippen LogP contribution in [0.3, 0.4) is 0 Å². The first kappa shape index (κ1) is 21.1. The molecule has 1 N–H and O–H groups in total. The van der Waals surface area contributed by atoms with E-state index < -0.39 is 0 Å². The van der Waals surface area contributed by atoms with Crippen molar-refractivity contribution in [2.45, 2.75) is 32.1 Å². The van der Waals surface area contributed by atoms with Crippen molar-refractivity contribution < 1.29 is 19.1 Å². The van der Waals surface area contributed by atoms with E-state index in [4.69, 9.17) is 9.47 Å². The fourth-order valence-corrected chi connectivity index (χ4v) is 5.26. The molecular weight excluding hydrogens is 410 g/mol. The van der Waals surface area contributed by atoms with Crippen LogP contribution in [0.25, 0.3) is 0 Å². The number of para-hydroxylation sites is 1. The summed E-state index contributed by atoms with van der Waals surface area (Å²) >= 11 is 1.48. The minimum atomic E-state index is -0.377. The summed E-state index contributed by atoms with van der Waals surface area (Å²) in [5, 5.41) is 3.44. The fourth-order valence-electron chi connectivity index (χ4n) is 3.93. The van der Waals surface area contributed by atoms with Gasteiger partial charge in [-0.25, -0.2) is 4.79 Å². The van der Waals surface area contributed by atoms with E-state index in [1.807, 2.05) is 24.3 Å². The molecular formula is C25H25NO4S. The molecule has 1 heterocycles. The van der Waals surface area contributed by atoms with E-state index in [-0.39, 0.29) is 18.5 Å². The number of carbonyl (C=O) groups is 2. The van der Waals surface area contributed by atoms with Crippen molar-refractivity contribution in [3.8, 4) is 5.75 Å². The Morgan fingerprint density at radius 1 is 1.06 bits per heavy atom. The molecule has 1 atom stereocenters. The van der Waals surface area contributed by atoms with Gasteiger partial charge in [0.15, 0.2) is 6.61 Å². The van der Waals surface area contributed by atoms with Crippen molar-refractivity contribution in [1.29, 1.82) is 0 Å². The molecule has 0 aliphatic heterocycles. The Labute approximate surface area is 186 Å². The third kappa shape index (κ3) is 4.97. The Morgan fingerprint density at radius 3 is 2.48 bits per heavy atom. The maximum atomic E-state index is 12.7. The summed E-state index contributed by atoms with van der Waals surface area (Å²) in [4.78, 5) is 26.4. The molecule has 4 rings (SSSR count). The molecule has 1 amide bonds. The number of fused-ring (bicyclic) bond motifs is 1. The zero-order valence-corrected chi connectivity index (χ0v) is 18.2. The Kier molecular flexibility index (Phi) is 6.67. The number of benzene rings is 2. The van der Waals surface area contributed by atoms with Gasteiger partial charge in [0.05, 0.1) is 12.2 Å². The number of hydrogen-bond donors (Lipinski definition) is 1. The van der Waals surface area contributed by atoms with Gasteiger partial charge in [-0.3, -0.25) is 4.79 Å². The van der Waals surface area contributed by atoms with Gasteiger partial charge in [-0.2, -0.15) is 0 Å². The molecule has 160 valence electrons. The van der Waals surface area contributed by atoms with Crippen LogP contribution in [0.5, 0.6) is 5.75 Å². The summed E-state index contributed by atoms with van der Waals surface area (Å²) in [6, 6.07) is 19.6. The molecule has 0 spiro atoms. The molecule has 2 aromatic carbocycles. The quantitative estimate of drug-likeness (QED) is 0.517. The fraction of sp³-hybridized carbons (Fsp3) is 0.280. The van der Waals surface area contributed by atoms with Gasteiger partial charge in [0.1, 0.15) is 10.8 Å². The van der Waals surface area contributed by atoms with Crippen LogP contribution in [-0.2, 0) is 22.4 Å². The minimum absolute atomic E-state index is 0.124. The molecule has 3 aromatic rings. The third-order valence-corrected chi connectivity index (χ3v) is 6.55. The first-order chi connectivity index (χ1) is 15.2. The molecule has 5 nitrogen and oxygen atoms in total. The van der Waals surface area contributed by atoms with Gasteiger partial charge >= 0.3 is 5.97 Å². The lowest BCUT2D eigenvalue weighted by Gasteiger charge is -2.23. The molecule has 0 fully saturated rings. The maximum absolute atomic E-state index is 12.7. The Balaban J connectivity index is 1.53. The van der Waals surface area contributed by atoms with Crippen molar-refractivity contribution in [1.82, 2.24) is 0 Å². The topological polar surface area (TPSA) is 64.6 Å². The van der Waals surface area contributed by atoms with E-state index in [1.54, 1.807) is 19.1 Å². The number of ether oxygens (including phenoxy) is 2. The summed E-state index contributed by atoms with van der Waals surface area (Å²) in [6.07, 6.45) is 2.60. The van der Waals surface area contributed by atoms with Crippen LogP contribution in [0.1, 0.15) is 45.6 Å². The highest BCUT2D eigenvalue weighted by atomic mass is 32.1. The van der Waals surface area contributed by atoms with E-state index in [1.165, 1.54) is 16.9 Å². The Bertz CT molecular complexity index is 1050. The van der Waals surface area contributed by atoms with Gasteiger partial charge in [-0.1, -0.05) is 48.5 Å². The third-order valence-electron chi connectivity index (χ3n) is 5.38. The van der Waals surface area contributed by atoms with Gasteiger partial charge in [0.25, 0.3) is 5.91 Å². The van der Waals surface area contributed by atoms with Gasteiger partial charge in [-0.15, -0.1) is 11.3 Å². The number of rotatable bonds is 7. The summed E-state index contributed by atoms with van der Waals surface area (Å²) in [7, 11) is 0. The average Bonchev–Trinajstić information content (AvgIpc) is 3.16. The van der Waals surface area contributed by atoms with Crippen LogP contribution in [0.2, 0.25) is 0 Å². The lowest BCUT2D eigenvalue weighted by molar-refractivity contribution is -0.118. The van der Waals surface area contributed by atoms with Crippen LogP contribution in [0, 0.1) is 0 Å². The smallest absolute Gasteiger partial charge is 0.341 e. The molecule has 1 aliphatic carbocycles. The molecule has 0 saturated heterocycles. The SMILES string of the molecule is CCOC(=O)c1c(NC(=O)COc2ccccc2)sc2c1CC[C@H](c1ccccc1)C2. The second kappa shape index (κ2) is 9.79. The lowest BCUT2D eigenvalue weighted by Crippen LogP contribution is -2.21. The molecule has 1 aromatic heterocycles. The normalized spacial score (nSPS) is 15.1. The largest absolute Gasteiger partial charge is 0.484 e. The highest BCUT2D eigenvalue weighted by molar-refractivity contribution is 7.17. The minimum Gasteiger partial charge on any atom is -0.484 e. The summed E-state index contributed by atoms with van der Waals surface area (Å²) < 4.78 is 10.8. The number of thiophene rings is 1. The highest BCUT2D eigenvalue weighted by Gasteiger charge is 2.30. The van der Waals surface area contributed by atoms with Crippen molar-refractivity contribution in [2.75, 3.05) is 18.5 Å². The van der Waals surface area contributed by atoms with Crippen molar-refractivity contribution in [3.05, 3.63) is 82.2 Å². The Morgan fingerprint density at radius 2 is 1.77 bits per heavy atom. The first-order valence-electron chi connectivity index (χ1n) is 10.5. The van der Waals surface area contributed by atoms with Crippen molar-refractivity contribution in [2.24, 2.45) is 0 Å². The van der Waals surface area contributed by atoms with Gasteiger partial charge in [-0.05, 0) is 55.4 Å². The maximum Gasteiger partial charge on any atom is 0.341 e. The van der Waals surface area contributed by atoms with Crippen molar-refractivity contribution in [3.63, 3.8) is 0 Å². The predicted octanol–water partition coefficient (Wildman–Crippen LogP) is 5.21. The number of anilines is 1. The molecule has 0 radical (unpaired) electrons. The Hall–Kier alpha value is -3.12. The van der Waals surface area contributed by atoms with E-state index >= 15 is 0 Å². The average molecular weight is 436 g/mol. The second-order valence-corrected chi connectivity index (χ2v) is 8.53. The number of esters is 1. The number of carbonyl (C=O) groups excluding carboxylic acids is 2. The zero-order valence-electron chi connectivity index (χ0n) is 17.4. The lowest BCUT2D eigenvalue weighted by atomic mass is 9.83. The predicted molar refractivity (Wildman–Crippen MR) is 122 cm³/mol. The molecule has 31 heavy (non-hydrogen) atoms. The van der Waals surface area contributed by atoms with E-state index in [0.717, 1.165) is 29.7 Å². The molecule has 0 unspecified atom stereocenters. The monoisotopic (exact) mass is 435 g/mol. The number of hydrogen-bond acceptors (Lipinski definition) is 5. The van der Waals surface area contributed by atoms with Gasteiger partial charge in [0.2, 0.25) is 0 Å². The van der Waals surface area contributed by atoms with E-state index in [0.29, 0.717) is 28.8 Å². The number of amides is 1. The van der Waals surface area contributed by atoms with Crippen molar-refractivity contribution >= 4 is 28.2 Å². The molecule has 0 saturated carbocycles. The van der Waals surface area contributed by atoms with Crippen LogP contribution >= 0.6 is 11.3 Å². The van der Waals surface area contributed by atoms with E-state index in [9.17, 15) is 9.59 Å². The van der Waals surface area contributed by atoms with Gasteiger partial charge in [0, 0.05) is 4.88 Å². The number of nitrogens with one attached hydrogen (secondary N) is 1. The molecule has 1 aliphatic rings. The van der Waals surface area contributed by atoms with E-state index in [2.05, 4.69) is 29.6 Å². The van der Waals surface area contributed by atoms with Crippen LogP contribution in [0.15, 0.2) is 60.7 Å². The van der Waals surface area contributed by atoms with Crippen LogP contribution in [0.4, 0.5) is 5.00 Å². The summed E-state index contributed by atoms with van der Waals surface area (Å²) in [6.45, 7) is 1.95. The molecule has 0 bridgehead atoms. The highest BCUT2D eigenvalue weighted by Crippen LogP contribution is 2.42. The molecule has 6 heteroatoms.